The molecule has 2 aromatic rings. The Morgan fingerprint density at radius 3 is 2.80 bits per heavy atom. The summed E-state index contributed by atoms with van der Waals surface area (Å²) in [6, 6.07) is 12.4. The van der Waals surface area contributed by atoms with Crippen LogP contribution < -0.4 is 15.4 Å². The molecule has 1 heterocycles. The second kappa shape index (κ2) is 5.41. The fourth-order valence-electron chi connectivity index (χ4n) is 2.33. The largest absolute Gasteiger partial charge is 0.489 e. The SMILES string of the molecule is CC(C)Oc1ccc2ccccc2c1NC1=NCCN1. The van der Waals surface area contributed by atoms with Crippen LogP contribution in [-0.2, 0) is 0 Å². The minimum absolute atomic E-state index is 0.134. The maximum atomic E-state index is 5.92. The van der Waals surface area contributed by atoms with E-state index < -0.39 is 0 Å². The summed E-state index contributed by atoms with van der Waals surface area (Å²) in [6.45, 7) is 5.76. The van der Waals surface area contributed by atoms with Crippen molar-refractivity contribution < 1.29 is 4.74 Å². The number of aliphatic imine (C=N–C) groups is 1. The van der Waals surface area contributed by atoms with E-state index >= 15 is 0 Å². The maximum absolute atomic E-state index is 5.92. The second-order valence-corrected chi connectivity index (χ2v) is 5.11. The molecule has 0 aromatic heterocycles. The molecule has 0 aliphatic carbocycles. The molecule has 104 valence electrons. The van der Waals surface area contributed by atoms with Crippen molar-refractivity contribution in [1.29, 1.82) is 0 Å². The number of rotatable bonds is 3. The molecule has 2 N–H and O–H groups in total. The predicted molar refractivity (Wildman–Crippen MR) is 83.6 cm³/mol. The number of ether oxygens (including phenoxy) is 1. The molecule has 0 atom stereocenters. The molecule has 4 heteroatoms. The van der Waals surface area contributed by atoms with Gasteiger partial charge in [-0.1, -0.05) is 30.3 Å². The lowest BCUT2D eigenvalue weighted by Gasteiger charge is -2.17. The van der Waals surface area contributed by atoms with Gasteiger partial charge in [-0.15, -0.1) is 0 Å². The number of nitrogens with zero attached hydrogens (tertiary/aromatic N) is 1. The van der Waals surface area contributed by atoms with Gasteiger partial charge in [-0.3, -0.25) is 4.99 Å². The number of nitrogens with one attached hydrogen (secondary N) is 2. The zero-order chi connectivity index (χ0) is 13.9. The van der Waals surface area contributed by atoms with E-state index in [9.17, 15) is 0 Å². The van der Waals surface area contributed by atoms with Crippen LogP contribution in [0.1, 0.15) is 13.8 Å². The molecule has 0 unspecified atom stereocenters. The van der Waals surface area contributed by atoms with Gasteiger partial charge in [-0.2, -0.15) is 0 Å². The average molecular weight is 269 g/mol. The van der Waals surface area contributed by atoms with Gasteiger partial charge in [-0.05, 0) is 25.3 Å². The molecule has 0 bridgehead atoms. The molecular weight excluding hydrogens is 250 g/mol. The molecule has 3 rings (SSSR count). The Labute approximate surface area is 118 Å². The van der Waals surface area contributed by atoms with Crippen LogP contribution in [0.25, 0.3) is 10.8 Å². The number of hydrogen-bond donors (Lipinski definition) is 2. The van der Waals surface area contributed by atoms with Gasteiger partial charge in [0.15, 0.2) is 5.96 Å². The second-order valence-electron chi connectivity index (χ2n) is 5.11. The Bertz CT molecular complexity index is 649. The quantitative estimate of drug-likeness (QED) is 0.900. The highest BCUT2D eigenvalue weighted by Gasteiger charge is 2.13. The molecule has 0 spiro atoms. The monoisotopic (exact) mass is 269 g/mol. The molecule has 0 saturated carbocycles. The summed E-state index contributed by atoms with van der Waals surface area (Å²) >= 11 is 0. The Balaban J connectivity index is 2.07. The van der Waals surface area contributed by atoms with Gasteiger partial charge in [0.2, 0.25) is 0 Å². The third-order valence-electron chi connectivity index (χ3n) is 3.17. The summed E-state index contributed by atoms with van der Waals surface area (Å²) in [5, 5.41) is 8.93. The fourth-order valence-corrected chi connectivity index (χ4v) is 2.33. The van der Waals surface area contributed by atoms with Gasteiger partial charge in [-0.25, -0.2) is 0 Å². The highest BCUT2D eigenvalue weighted by molar-refractivity contribution is 6.06. The van der Waals surface area contributed by atoms with Crippen molar-refractivity contribution in [3.05, 3.63) is 36.4 Å². The predicted octanol–water partition coefficient (Wildman–Crippen LogP) is 3.00. The van der Waals surface area contributed by atoms with Crippen molar-refractivity contribution in [1.82, 2.24) is 5.32 Å². The van der Waals surface area contributed by atoms with E-state index in [-0.39, 0.29) is 6.10 Å². The van der Waals surface area contributed by atoms with Crippen molar-refractivity contribution in [2.75, 3.05) is 18.4 Å². The Hall–Kier alpha value is -2.23. The van der Waals surface area contributed by atoms with Crippen molar-refractivity contribution in [2.45, 2.75) is 20.0 Å². The zero-order valence-corrected chi connectivity index (χ0v) is 11.8. The number of fused-ring (bicyclic) bond motifs is 1. The first-order valence-electron chi connectivity index (χ1n) is 6.98. The van der Waals surface area contributed by atoms with Gasteiger partial charge in [0.05, 0.1) is 18.3 Å². The van der Waals surface area contributed by atoms with Crippen molar-refractivity contribution >= 4 is 22.4 Å². The van der Waals surface area contributed by atoms with Crippen LogP contribution in [0.2, 0.25) is 0 Å². The smallest absolute Gasteiger partial charge is 0.196 e. The van der Waals surface area contributed by atoms with E-state index in [4.69, 9.17) is 4.74 Å². The van der Waals surface area contributed by atoms with Crippen LogP contribution in [0.4, 0.5) is 5.69 Å². The minimum atomic E-state index is 0.134. The summed E-state index contributed by atoms with van der Waals surface area (Å²) in [5.74, 6) is 1.67. The van der Waals surface area contributed by atoms with Gasteiger partial charge in [0.25, 0.3) is 0 Å². The van der Waals surface area contributed by atoms with E-state index in [0.717, 1.165) is 35.9 Å². The molecule has 0 saturated heterocycles. The summed E-state index contributed by atoms with van der Waals surface area (Å²) < 4.78 is 5.92. The van der Waals surface area contributed by atoms with Crippen molar-refractivity contribution in [3.63, 3.8) is 0 Å². The summed E-state index contributed by atoms with van der Waals surface area (Å²) in [4.78, 5) is 4.40. The highest BCUT2D eigenvalue weighted by atomic mass is 16.5. The number of guanidine groups is 1. The molecule has 2 aromatic carbocycles. The van der Waals surface area contributed by atoms with Crippen molar-refractivity contribution in [3.8, 4) is 5.75 Å². The fraction of sp³-hybridized carbons (Fsp3) is 0.312. The topological polar surface area (TPSA) is 45.6 Å². The van der Waals surface area contributed by atoms with Crippen LogP contribution in [-0.4, -0.2) is 25.2 Å². The molecule has 0 radical (unpaired) electrons. The Morgan fingerprint density at radius 2 is 2.05 bits per heavy atom. The Morgan fingerprint density at radius 1 is 1.20 bits per heavy atom. The third kappa shape index (κ3) is 2.54. The third-order valence-corrected chi connectivity index (χ3v) is 3.17. The first-order chi connectivity index (χ1) is 9.74. The summed E-state index contributed by atoms with van der Waals surface area (Å²) in [6.07, 6.45) is 0.134. The first kappa shape index (κ1) is 12.8. The normalized spacial score (nSPS) is 14.2. The van der Waals surface area contributed by atoms with Gasteiger partial charge in [0, 0.05) is 11.9 Å². The lowest BCUT2D eigenvalue weighted by molar-refractivity contribution is 0.244. The van der Waals surface area contributed by atoms with Gasteiger partial charge in [0.1, 0.15) is 5.75 Å². The first-order valence-corrected chi connectivity index (χ1v) is 6.98. The van der Waals surface area contributed by atoms with Gasteiger partial charge < -0.3 is 15.4 Å². The summed E-state index contributed by atoms with van der Waals surface area (Å²) in [5.41, 5.74) is 0.977. The number of benzene rings is 2. The van der Waals surface area contributed by atoms with E-state index in [1.54, 1.807) is 0 Å². The van der Waals surface area contributed by atoms with Crippen LogP contribution in [0.15, 0.2) is 41.4 Å². The average Bonchev–Trinajstić information content (AvgIpc) is 2.94. The minimum Gasteiger partial charge on any atom is -0.489 e. The molecule has 4 nitrogen and oxygen atoms in total. The maximum Gasteiger partial charge on any atom is 0.196 e. The van der Waals surface area contributed by atoms with E-state index in [2.05, 4.69) is 33.8 Å². The molecule has 1 aliphatic heterocycles. The van der Waals surface area contributed by atoms with Crippen LogP contribution in [0, 0.1) is 0 Å². The number of hydrogen-bond acceptors (Lipinski definition) is 4. The van der Waals surface area contributed by atoms with E-state index in [1.165, 1.54) is 5.39 Å². The van der Waals surface area contributed by atoms with Crippen LogP contribution in [0.3, 0.4) is 0 Å². The molecule has 0 amide bonds. The molecular formula is C16H19N3O. The van der Waals surface area contributed by atoms with Crippen LogP contribution in [0.5, 0.6) is 5.75 Å². The molecule has 0 fully saturated rings. The zero-order valence-electron chi connectivity index (χ0n) is 11.8. The molecule has 20 heavy (non-hydrogen) atoms. The van der Waals surface area contributed by atoms with Crippen LogP contribution >= 0.6 is 0 Å². The summed E-state index contributed by atoms with van der Waals surface area (Å²) in [7, 11) is 0. The molecule has 1 aliphatic rings. The van der Waals surface area contributed by atoms with E-state index in [1.807, 2.05) is 32.0 Å². The lowest BCUT2D eigenvalue weighted by atomic mass is 10.1. The van der Waals surface area contributed by atoms with Gasteiger partial charge >= 0.3 is 0 Å². The lowest BCUT2D eigenvalue weighted by Crippen LogP contribution is -2.26. The van der Waals surface area contributed by atoms with E-state index in [0.29, 0.717) is 0 Å². The standard InChI is InChI=1S/C16H19N3O/c1-11(2)20-14-8-7-12-5-3-4-6-13(12)15(14)19-16-17-9-10-18-16/h3-8,11H,9-10H2,1-2H3,(H2,17,18,19). The number of anilines is 1. The van der Waals surface area contributed by atoms with Crippen molar-refractivity contribution in [2.24, 2.45) is 4.99 Å². The Kier molecular flexibility index (Phi) is 3.46. The highest BCUT2D eigenvalue weighted by Crippen LogP contribution is 2.34.